The van der Waals surface area contributed by atoms with Crippen molar-refractivity contribution in [2.45, 2.75) is 39.5 Å². The molecule has 1 rings (SSSR count). The van der Waals surface area contributed by atoms with E-state index in [9.17, 15) is 9.59 Å². The monoisotopic (exact) mass is 256 g/mol. The highest BCUT2D eigenvalue weighted by Crippen LogP contribution is 2.35. The van der Waals surface area contributed by atoms with Gasteiger partial charge in [0, 0.05) is 19.5 Å². The summed E-state index contributed by atoms with van der Waals surface area (Å²) in [5.41, 5.74) is 0. The number of nitrogens with one attached hydrogen (secondary N) is 2. The van der Waals surface area contributed by atoms with Crippen LogP contribution < -0.4 is 10.6 Å². The molecule has 18 heavy (non-hydrogen) atoms. The molecule has 0 aromatic heterocycles. The Bertz CT molecular complexity index is 290. The van der Waals surface area contributed by atoms with Gasteiger partial charge in [0.1, 0.15) is 0 Å². The first-order valence-electron chi connectivity index (χ1n) is 6.72. The number of aliphatic carboxylic acids is 1. The van der Waals surface area contributed by atoms with Crippen molar-refractivity contribution in [2.75, 3.05) is 13.1 Å². The summed E-state index contributed by atoms with van der Waals surface area (Å²) in [5.74, 6) is 0.747. The number of carbonyl (C=O) groups excluding carboxylic acids is 1. The molecule has 3 N–H and O–H groups in total. The van der Waals surface area contributed by atoms with Crippen LogP contribution in [0.5, 0.6) is 0 Å². The minimum atomic E-state index is -0.787. The van der Waals surface area contributed by atoms with Crippen LogP contribution in [0.2, 0.25) is 0 Å². The maximum Gasteiger partial charge on any atom is 0.314 e. The molecule has 5 nitrogen and oxygen atoms in total. The van der Waals surface area contributed by atoms with Gasteiger partial charge in [-0.2, -0.15) is 0 Å². The van der Waals surface area contributed by atoms with Crippen LogP contribution >= 0.6 is 0 Å². The number of carbonyl (C=O) groups is 2. The second kappa shape index (κ2) is 7.24. The Morgan fingerprint density at radius 2 is 1.83 bits per heavy atom. The standard InChI is InChI=1S/C13H24N2O3/c1-9(3-6-12(16)17)7-14-13(18)15-8-10(2)11-4-5-11/h9-11H,3-8H2,1-2H3,(H,16,17)(H2,14,15,18). The predicted molar refractivity (Wildman–Crippen MR) is 69.3 cm³/mol. The van der Waals surface area contributed by atoms with Crippen molar-refractivity contribution in [3.63, 3.8) is 0 Å². The number of hydrogen-bond acceptors (Lipinski definition) is 2. The van der Waals surface area contributed by atoms with Gasteiger partial charge in [0.2, 0.25) is 0 Å². The topological polar surface area (TPSA) is 78.4 Å². The largest absolute Gasteiger partial charge is 0.481 e. The zero-order chi connectivity index (χ0) is 13.5. The van der Waals surface area contributed by atoms with Crippen LogP contribution in [0.3, 0.4) is 0 Å². The van der Waals surface area contributed by atoms with Crippen molar-refractivity contribution in [3.8, 4) is 0 Å². The molecule has 0 bridgehead atoms. The lowest BCUT2D eigenvalue weighted by molar-refractivity contribution is -0.137. The van der Waals surface area contributed by atoms with E-state index in [1.807, 2.05) is 6.92 Å². The van der Waals surface area contributed by atoms with E-state index in [0.717, 1.165) is 12.5 Å². The second-order valence-electron chi connectivity index (χ2n) is 5.44. The molecule has 2 unspecified atom stereocenters. The van der Waals surface area contributed by atoms with Crippen LogP contribution in [-0.4, -0.2) is 30.2 Å². The summed E-state index contributed by atoms with van der Waals surface area (Å²) in [6.07, 6.45) is 3.32. The number of carboxylic acid groups (broad SMARTS) is 1. The number of rotatable bonds is 8. The highest BCUT2D eigenvalue weighted by molar-refractivity contribution is 5.73. The average molecular weight is 256 g/mol. The Balaban J connectivity index is 2.02. The third-order valence-corrected chi connectivity index (χ3v) is 3.47. The predicted octanol–water partition coefficient (Wildman–Crippen LogP) is 1.83. The summed E-state index contributed by atoms with van der Waals surface area (Å²) in [7, 11) is 0. The fourth-order valence-electron chi connectivity index (χ4n) is 1.89. The lowest BCUT2D eigenvalue weighted by atomic mass is 10.1. The molecule has 0 aromatic rings. The van der Waals surface area contributed by atoms with E-state index in [0.29, 0.717) is 18.9 Å². The lowest BCUT2D eigenvalue weighted by Gasteiger charge is -2.14. The van der Waals surface area contributed by atoms with Crippen LogP contribution in [0, 0.1) is 17.8 Å². The summed E-state index contributed by atoms with van der Waals surface area (Å²) in [4.78, 5) is 21.9. The van der Waals surface area contributed by atoms with Gasteiger partial charge in [-0.15, -0.1) is 0 Å². The molecule has 1 saturated carbocycles. The molecule has 0 spiro atoms. The molecular weight excluding hydrogens is 232 g/mol. The van der Waals surface area contributed by atoms with Gasteiger partial charge >= 0.3 is 12.0 Å². The van der Waals surface area contributed by atoms with E-state index in [1.165, 1.54) is 12.8 Å². The van der Waals surface area contributed by atoms with Crippen molar-refractivity contribution in [1.82, 2.24) is 10.6 Å². The average Bonchev–Trinajstić information content (AvgIpc) is 3.14. The van der Waals surface area contributed by atoms with Gasteiger partial charge in [-0.25, -0.2) is 4.79 Å². The van der Waals surface area contributed by atoms with Gasteiger partial charge in [0.15, 0.2) is 0 Å². The highest BCUT2D eigenvalue weighted by atomic mass is 16.4. The fraction of sp³-hybridized carbons (Fsp3) is 0.846. The van der Waals surface area contributed by atoms with Gasteiger partial charge in [-0.1, -0.05) is 13.8 Å². The van der Waals surface area contributed by atoms with E-state index < -0.39 is 5.97 Å². The summed E-state index contributed by atoms with van der Waals surface area (Å²) < 4.78 is 0. The first kappa shape index (κ1) is 14.8. The number of amides is 2. The number of hydrogen-bond donors (Lipinski definition) is 3. The third-order valence-electron chi connectivity index (χ3n) is 3.47. The van der Waals surface area contributed by atoms with Crippen LogP contribution in [0.15, 0.2) is 0 Å². The summed E-state index contributed by atoms with van der Waals surface area (Å²) in [6, 6.07) is -0.148. The summed E-state index contributed by atoms with van der Waals surface area (Å²) >= 11 is 0. The Morgan fingerprint density at radius 1 is 1.22 bits per heavy atom. The molecule has 0 aliphatic heterocycles. The van der Waals surface area contributed by atoms with E-state index in [-0.39, 0.29) is 18.4 Å². The molecule has 0 aromatic carbocycles. The lowest BCUT2D eigenvalue weighted by Crippen LogP contribution is -2.40. The first-order valence-corrected chi connectivity index (χ1v) is 6.72. The maximum atomic E-state index is 11.5. The molecule has 5 heteroatoms. The molecule has 0 heterocycles. The van der Waals surface area contributed by atoms with Gasteiger partial charge in [-0.3, -0.25) is 4.79 Å². The van der Waals surface area contributed by atoms with E-state index >= 15 is 0 Å². The van der Waals surface area contributed by atoms with Gasteiger partial charge in [0.05, 0.1) is 0 Å². The molecule has 0 radical (unpaired) electrons. The molecule has 1 aliphatic carbocycles. The highest BCUT2D eigenvalue weighted by Gasteiger charge is 2.27. The van der Waals surface area contributed by atoms with E-state index in [4.69, 9.17) is 5.11 Å². The van der Waals surface area contributed by atoms with Crippen molar-refractivity contribution in [1.29, 1.82) is 0 Å². The van der Waals surface area contributed by atoms with Crippen LogP contribution in [0.4, 0.5) is 4.79 Å². The van der Waals surface area contributed by atoms with Crippen molar-refractivity contribution in [3.05, 3.63) is 0 Å². The van der Waals surface area contributed by atoms with Gasteiger partial charge < -0.3 is 15.7 Å². The molecule has 2 atom stereocenters. The smallest absolute Gasteiger partial charge is 0.314 e. The van der Waals surface area contributed by atoms with Crippen molar-refractivity contribution >= 4 is 12.0 Å². The Morgan fingerprint density at radius 3 is 2.39 bits per heavy atom. The first-order chi connectivity index (χ1) is 8.49. The Labute approximate surface area is 108 Å². The van der Waals surface area contributed by atoms with Crippen molar-refractivity contribution in [2.24, 2.45) is 17.8 Å². The number of urea groups is 1. The molecular formula is C13H24N2O3. The zero-order valence-corrected chi connectivity index (χ0v) is 11.2. The molecule has 0 saturated heterocycles. The molecule has 2 amide bonds. The Kier molecular flexibility index (Phi) is 5.95. The maximum absolute atomic E-state index is 11.5. The fourth-order valence-corrected chi connectivity index (χ4v) is 1.89. The zero-order valence-electron chi connectivity index (χ0n) is 11.2. The van der Waals surface area contributed by atoms with Crippen molar-refractivity contribution < 1.29 is 14.7 Å². The molecule has 1 fully saturated rings. The van der Waals surface area contributed by atoms with E-state index in [1.54, 1.807) is 0 Å². The van der Waals surface area contributed by atoms with Crippen LogP contribution in [0.1, 0.15) is 39.5 Å². The van der Waals surface area contributed by atoms with Crippen LogP contribution in [-0.2, 0) is 4.79 Å². The van der Waals surface area contributed by atoms with Gasteiger partial charge in [-0.05, 0) is 37.0 Å². The molecule has 104 valence electrons. The van der Waals surface area contributed by atoms with E-state index in [2.05, 4.69) is 17.6 Å². The second-order valence-corrected chi connectivity index (χ2v) is 5.44. The van der Waals surface area contributed by atoms with Crippen LogP contribution in [0.25, 0.3) is 0 Å². The third kappa shape index (κ3) is 6.47. The quantitative estimate of drug-likeness (QED) is 0.620. The Hall–Kier alpha value is -1.26. The summed E-state index contributed by atoms with van der Waals surface area (Å²) in [6.45, 7) is 5.35. The number of carboxylic acids is 1. The normalized spacial score (nSPS) is 17.9. The minimum Gasteiger partial charge on any atom is -0.481 e. The summed E-state index contributed by atoms with van der Waals surface area (Å²) in [5, 5.41) is 14.2. The van der Waals surface area contributed by atoms with Gasteiger partial charge in [0.25, 0.3) is 0 Å². The SMILES string of the molecule is CC(CCC(=O)O)CNC(=O)NCC(C)C1CC1. The molecule has 1 aliphatic rings. The minimum absolute atomic E-state index is 0.148.